The van der Waals surface area contributed by atoms with Gasteiger partial charge in [0.1, 0.15) is 70.2 Å². The Kier molecular flexibility index (Phi) is 28.5. The minimum absolute atomic E-state index is 0.0306. The van der Waals surface area contributed by atoms with Gasteiger partial charge < -0.3 is 58.0 Å². The Bertz CT molecular complexity index is 4510. The lowest BCUT2D eigenvalue weighted by atomic mass is 9.66. The Morgan fingerprint density at radius 1 is 0.344 bits per heavy atom. The van der Waals surface area contributed by atoms with Crippen molar-refractivity contribution in [2.45, 2.75) is 351 Å². The van der Waals surface area contributed by atoms with E-state index in [1.54, 1.807) is 24.3 Å². The average molecular weight is 1800 g/mol. The molecule has 20 heteroatoms. The molecule has 8 aliphatic heterocycles. The Hall–Kier alpha value is -8.56. The lowest BCUT2D eigenvalue weighted by Crippen LogP contribution is -2.63. The molecule has 4 aromatic rings. The fourth-order valence-electron chi connectivity index (χ4n) is 27.9. The van der Waals surface area contributed by atoms with Gasteiger partial charge in [-0.25, -0.2) is 19.2 Å². The van der Waals surface area contributed by atoms with Crippen LogP contribution in [0, 0.1) is 94.7 Å². The molecule has 8 bridgehead atoms. The molecule has 0 spiro atoms. The zero-order valence-corrected chi connectivity index (χ0v) is 80.0. The van der Waals surface area contributed by atoms with Gasteiger partial charge in [0.15, 0.2) is 0 Å². The third-order valence-electron chi connectivity index (χ3n) is 34.9. The molecule has 28 atom stereocenters. The van der Waals surface area contributed by atoms with Crippen molar-refractivity contribution in [1.82, 2.24) is 10.6 Å². The molecule has 708 valence electrons. The van der Waals surface area contributed by atoms with Crippen molar-refractivity contribution in [3.8, 4) is 0 Å². The summed E-state index contributed by atoms with van der Waals surface area (Å²) in [5.41, 5.74) is -0.229. The maximum atomic E-state index is 13.2. The molecule has 4 aromatic carbocycles. The van der Waals surface area contributed by atoms with Gasteiger partial charge in [0.2, 0.25) is 11.8 Å². The van der Waals surface area contributed by atoms with Crippen LogP contribution in [0.1, 0.15) is 280 Å². The molecular weight excluding hydrogens is 1650 g/mol. The first-order chi connectivity index (χ1) is 62.8. The van der Waals surface area contributed by atoms with Crippen LogP contribution in [0.2, 0.25) is 0 Å². The predicted octanol–water partition coefficient (Wildman–Crippen LogP) is 20.3. The van der Waals surface area contributed by atoms with Crippen molar-refractivity contribution in [2.24, 2.45) is 94.7 Å². The van der Waals surface area contributed by atoms with Crippen LogP contribution in [0.4, 0.5) is 0 Å². The van der Waals surface area contributed by atoms with Gasteiger partial charge >= 0.3 is 35.8 Å². The highest BCUT2D eigenvalue weighted by Gasteiger charge is 2.78. The largest absolute Gasteiger partial charge is 0.459 e. The standard InChI is InChI=1S/C30H40O5.C27H35NO4.C27H37NO4.C27H34O5/c1-4-25(31)33-24-19-30(22-13-9-6-10-14-22)28(27-20(2)15-17-23(27)29(24,3)35-30)34-26(32)18-16-21-11-7-5-8-12-21;1-4-22(29)28-21-16-27(19-12-13-19)25(24-17(2)10-14-20(24)26(21,3)32-27)31-23(30)15-11-18-8-6-5-7-9-18;1-6-22(29)28-21-16-27(17(2)3)25(24-18(4)12-14-20(24)26(21,5)32-27)31-23(30)15-13-19-10-8-7-9-11-19;1-4-22(28)30-21-16-27(19-12-13-19)25(24-17(2)10-14-20(24)26(21,3)32-27)31-23(29)15-11-18-8-6-5-7-9-18/h5,7-8,11-12,16,18,20,22-24,27-28H,4,6,9-10,13-15,17,19H2,1-3H3;5-9,11,15,17,19-21,24-25H,4,10,12-14,16H2,1-3H3,(H,28,29);7-11,13,15,17-18,20-21,24-25H,6,12,14,16H2,1-5H3,(H,28,29);5-9,11,15,17,19-21,24-25H,4,10,12-14,16H2,1-3H3/b18-16+;15-11+;15-13+;15-11+/t20-,23-,24-,27?,28+,29+,30-;17-,20-,21-,24?,25+,26+,27-;18-,20-,21-,24?,25+,26+,27-;17-,20-,21-,24?,25+,26+,27-/m1111/s1. The molecule has 15 fully saturated rings. The molecule has 0 radical (unpaired) electrons. The van der Waals surface area contributed by atoms with Crippen LogP contribution in [0.15, 0.2) is 146 Å². The van der Waals surface area contributed by atoms with Gasteiger partial charge in [0.05, 0.1) is 23.3 Å². The number of fused-ring (bicyclic) bond motifs is 16. The van der Waals surface area contributed by atoms with Crippen molar-refractivity contribution in [3.05, 3.63) is 168 Å². The second-order valence-corrected chi connectivity index (χ2v) is 42.8. The van der Waals surface area contributed by atoms with Gasteiger partial charge in [0.25, 0.3) is 0 Å². The van der Waals surface area contributed by atoms with E-state index in [0.29, 0.717) is 86.4 Å². The first kappa shape index (κ1) is 95.6. The third-order valence-corrected chi connectivity index (χ3v) is 34.9. The summed E-state index contributed by atoms with van der Waals surface area (Å²) in [6.07, 6.45) is 34.4. The van der Waals surface area contributed by atoms with Crippen LogP contribution < -0.4 is 10.6 Å². The van der Waals surface area contributed by atoms with Gasteiger partial charge in [-0.15, -0.1) is 0 Å². The minimum Gasteiger partial charge on any atom is -0.459 e. The quantitative estimate of drug-likeness (QED) is 0.0376. The highest BCUT2D eigenvalue weighted by molar-refractivity contribution is 5.89. The SMILES string of the molecule is CCC(=O)N[C@@H]1C[C@]2(C(C)C)O[C@@]1(C)[C@@H]1CC[C@@H](C)C1[C@@H]2OC(=O)/C=C/c1ccccc1.CCC(=O)N[C@@H]1C[C@]2(C3CC3)O[C@@]1(C)[C@@H]1CC[C@@H](C)C1[C@@H]2OC(=O)/C=C/c1ccccc1.CCC(=O)O[C@@H]1C[C@]2(C3CC3)O[C@@]1(C)[C@@H]1CC[C@@H](C)C1[C@@H]2OC(=O)/C=C/c1ccccc1.CCC(=O)O[C@@H]1C[C@]2(C3CCCCC3)O[C@@]1(C)[C@@H]1CC[C@@H](C)C1[C@@H]2OC(=O)/C=C/c1ccccc1. The number of amides is 2. The maximum absolute atomic E-state index is 13.2. The van der Waals surface area contributed by atoms with Crippen molar-refractivity contribution < 1.29 is 85.7 Å². The molecule has 2 amide bonds. The first-order valence-electron chi connectivity index (χ1n) is 50.4. The molecule has 131 heavy (non-hydrogen) atoms. The summed E-state index contributed by atoms with van der Waals surface area (Å²) in [7, 11) is 0. The van der Waals surface area contributed by atoms with Crippen molar-refractivity contribution in [2.75, 3.05) is 0 Å². The molecule has 20 nitrogen and oxygen atoms in total. The second-order valence-electron chi connectivity index (χ2n) is 42.8. The highest BCUT2D eigenvalue weighted by atomic mass is 16.6. The van der Waals surface area contributed by atoms with Crippen LogP contribution in [-0.4, -0.2) is 141 Å². The number of rotatable bonds is 24. The summed E-state index contributed by atoms with van der Waals surface area (Å²) >= 11 is 0. The van der Waals surface area contributed by atoms with Crippen LogP contribution in [0.3, 0.4) is 0 Å². The molecule has 7 saturated carbocycles. The molecule has 19 rings (SSSR count). The Balaban J connectivity index is 0.000000128. The van der Waals surface area contributed by atoms with Gasteiger partial charge in [-0.3, -0.25) is 19.2 Å². The maximum Gasteiger partial charge on any atom is 0.331 e. The van der Waals surface area contributed by atoms with E-state index in [1.807, 2.05) is 161 Å². The summed E-state index contributed by atoms with van der Waals surface area (Å²) in [5.74, 6) is 3.42. The van der Waals surface area contributed by atoms with Crippen LogP contribution in [-0.2, 0) is 85.7 Å². The fourth-order valence-corrected chi connectivity index (χ4v) is 27.9. The lowest BCUT2D eigenvalue weighted by molar-refractivity contribution is -0.270. The molecule has 2 N–H and O–H groups in total. The van der Waals surface area contributed by atoms with Gasteiger partial charge in [0, 0.05) is 99.3 Å². The summed E-state index contributed by atoms with van der Waals surface area (Å²) in [4.78, 5) is 102. The molecule has 7 aliphatic carbocycles. The number of ether oxygens (including phenoxy) is 10. The van der Waals surface area contributed by atoms with Crippen molar-refractivity contribution in [1.29, 1.82) is 0 Å². The molecule has 15 aliphatic rings. The summed E-state index contributed by atoms with van der Waals surface area (Å²) in [6, 6.07) is 39.1. The number of carbonyl (C=O) groups excluding carboxylic acids is 8. The Labute approximate surface area is 777 Å². The number of esters is 6. The molecule has 8 heterocycles. The zero-order valence-electron chi connectivity index (χ0n) is 80.0. The summed E-state index contributed by atoms with van der Waals surface area (Å²) in [5, 5.41) is 6.53. The molecule has 8 saturated heterocycles. The van der Waals surface area contributed by atoms with E-state index in [4.69, 9.17) is 47.4 Å². The number of carbonyl (C=O) groups is 8. The van der Waals surface area contributed by atoms with Crippen LogP contribution in [0.25, 0.3) is 24.3 Å². The Morgan fingerprint density at radius 2 is 0.634 bits per heavy atom. The minimum atomic E-state index is -0.601. The van der Waals surface area contributed by atoms with Crippen LogP contribution in [0.5, 0.6) is 0 Å². The van der Waals surface area contributed by atoms with Gasteiger partial charge in [-0.1, -0.05) is 210 Å². The van der Waals surface area contributed by atoms with E-state index in [1.165, 1.54) is 31.4 Å². The van der Waals surface area contributed by atoms with E-state index in [-0.39, 0.29) is 150 Å². The predicted molar refractivity (Wildman–Crippen MR) is 502 cm³/mol. The fraction of sp³-hybridized carbons (Fsp3) is 0.640. The van der Waals surface area contributed by atoms with Gasteiger partial charge in [-0.05, 0) is 235 Å². The Morgan fingerprint density at radius 3 is 0.954 bits per heavy atom. The third kappa shape index (κ3) is 18.6. The summed E-state index contributed by atoms with van der Waals surface area (Å²) in [6.45, 7) is 29.5. The topological polar surface area (TPSA) is 253 Å². The smallest absolute Gasteiger partial charge is 0.331 e. The number of benzene rings is 4. The van der Waals surface area contributed by atoms with E-state index < -0.39 is 44.8 Å². The molecule has 4 unspecified atom stereocenters. The monoisotopic (exact) mass is 1800 g/mol. The van der Waals surface area contributed by atoms with E-state index in [2.05, 4.69) is 79.9 Å². The normalized spacial score (nSPS) is 39.4. The first-order valence-corrected chi connectivity index (χ1v) is 50.4. The van der Waals surface area contributed by atoms with Crippen molar-refractivity contribution in [3.63, 3.8) is 0 Å². The zero-order chi connectivity index (χ0) is 92.7. The van der Waals surface area contributed by atoms with E-state index in [0.717, 1.165) is 119 Å². The number of hydrogen-bond donors (Lipinski definition) is 2. The average Bonchev–Trinajstić information content (AvgIpc) is 1.53. The van der Waals surface area contributed by atoms with E-state index in [9.17, 15) is 38.4 Å². The van der Waals surface area contributed by atoms with Gasteiger partial charge in [-0.2, -0.15) is 0 Å². The summed E-state index contributed by atoms with van der Waals surface area (Å²) < 4.78 is 65.2. The molecule has 0 aromatic heterocycles. The lowest BCUT2D eigenvalue weighted by Gasteiger charge is -2.54. The number of nitrogens with one attached hydrogen (secondary N) is 2. The van der Waals surface area contributed by atoms with E-state index >= 15 is 0 Å². The van der Waals surface area contributed by atoms with Crippen molar-refractivity contribution >= 4 is 71.9 Å². The highest BCUT2D eigenvalue weighted by Crippen LogP contribution is 2.70. The van der Waals surface area contributed by atoms with Crippen LogP contribution >= 0.6 is 0 Å². The number of hydrogen-bond acceptors (Lipinski definition) is 18. The molecular formula is C111H146N2O18. The second kappa shape index (κ2) is 39.0.